The van der Waals surface area contributed by atoms with Crippen molar-refractivity contribution in [2.24, 2.45) is 0 Å². The summed E-state index contributed by atoms with van der Waals surface area (Å²) in [4.78, 5) is 24.6. The average molecular weight is 210 g/mol. The van der Waals surface area contributed by atoms with Crippen LogP contribution in [0.4, 0.5) is 11.5 Å². The summed E-state index contributed by atoms with van der Waals surface area (Å²) in [5.74, 6) is 0.0797. The lowest BCUT2D eigenvalue weighted by Gasteiger charge is -2.03. The fourth-order valence-electron chi connectivity index (χ4n) is 0.889. The highest BCUT2D eigenvalue weighted by atomic mass is 16.6. The van der Waals surface area contributed by atoms with Gasteiger partial charge in [0.05, 0.1) is 17.5 Å². The number of hydrogen-bond donors (Lipinski definition) is 2. The lowest BCUT2D eigenvalue weighted by atomic mass is 10.4. The molecule has 15 heavy (non-hydrogen) atoms. The van der Waals surface area contributed by atoms with E-state index in [4.69, 9.17) is 0 Å². The maximum absolute atomic E-state index is 10.9. The lowest BCUT2D eigenvalue weighted by molar-refractivity contribution is -0.384. The molecular weight excluding hydrogens is 200 g/mol. The van der Waals surface area contributed by atoms with Gasteiger partial charge in [-0.15, -0.1) is 0 Å². The fraction of sp³-hybridized carbons (Fsp3) is 0.250. The van der Waals surface area contributed by atoms with Crippen LogP contribution in [0.5, 0.6) is 0 Å². The Balaban J connectivity index is 2.66. The van der Waals surface area contributed by atoms with Crippen LogP contribution in [-0.4, -0.2) is 29.4 Å². The first-order chi connectivity index (χ1) is 7.13. The number of aromatic nitrogens is 1. The summed E-state index contributed by atoms with van der Waals surface area (Å²) in [7, 11) is 1.50. The van der Waals surface area contributed by atoms with Crippen LogP contribution >= 0.6 is 0 Å². The lowest BCUT2D eigenvalue weighted by Crippen LogP contribution is -2.26. The Morgan fingerprint density at radius 1 is 1.67 bits per heavy atom. The molecule has 0 unspecified atom stereocenters. The van der Waals surface area contributed by atoms with Crippen LogP contribution < -0.4 is 10.6 Å². The van der Waals surface area contributed by atoms with Gasteiger partial charge >= 0.3 is 0 Å². The van der Waals surface area contributed by atoms with E-state index in [1.54, 1.807) is 0 Å². The summed E-state index contributed by atoms with van der Waals surface area (Å²) in [6, 6.07) is 2.55. The highest BCUT2D eigenvalue weighted by Crippen LogP contribution is 2.13. The number of carbonyl (C=O) groups excluding carboxylic acids is 1. The molecule has 0 radical (unpaired) electrons. The van der Waals surface area contributed by atoms with Crippen molar-refractivity contribution in [3.05, 3.63) is 28.4 Å². The van der Waals surface area contributed by atoms with Crippen LogP contribution in [0.15, 0.2) is 18.3 Å². The maximum Gasteiger partial charge on any atom is 0.274 e. The van der Waals surface area contributed by atoms with Crippen molar-refractivity contribution in [2.45, 2.75) is 0 Å². The van der Waals surface area contributed by atoms with E-state index in [1.165, 1.54) is 25.4 Å². The minimum atomic E-state index is -0.521. The summed E-state index contributed by atoms with van der Waals surface area (Å²) in [6.07, 6.45) is 1.31. The molecule has 7 heteroatoms. The first kappa shape index (κ1) is 10.9. The third-order valence-electron chi connectivity index (χ3n) is 1.66. The van der Waals surface area contributed by atoms with Crippen LogP contribution in [0.2, 0.25) is 0 Å². The van der Waals surface area contributed by atoms with Gasteiger partial charge in [0, 0.05) is 19.3 Å². The van der Waals surface area contributed by atoms with E-state index in [1.807, 2.05) is 0 Å². The zero-order chi connectivity index (χ0) is 11.3. The molecule has 80 valence electrons. The number of carbonyl (C=O) groups is 1. The van der Waals surface area contributed by atoms with Crippen molar-refractivity contribution in [1.29, 1.82) is 0 Å². The molecule has 1 amide bonds. The normalized spacial score (nSPS) is 9.40. The van der Waals surface area contributed by atoms with E-state index in [-0.39, 0.29) is 18.1 Å². The zero-order valence-corrected chi connectivity index (χ0v) is 8.06. The molecule has 0 aliphatic carbocycles. The van der Waals surface area contributed by atoms with E-state index >= 15 is 0 Å². The second-order valence-corrected chi connectivity index (χ2v) is 2.68. The Morgan fingerprint density at radius 2 is 2.40 bits per heavy atom. The quantitative estimate of drug-likeness (QED) is 0.544. The molecule has 0 aliphatic heterocycles. The third-order valence-corrected chi connectivity index (χ3v) is 1.66. The molecule has 1 aromatic heterocycles. The second kappa shape index (κ2) is 4.89. The number of anilines is 1. The van der Waals surface area contributed by atoms with Gasteiger partial charge in [0.2, 0.25) is 5.91 Å². The van der Waals surface area contributed by atoms with Gasteiger partial charge in [0.15, 0.2) is 0 Å². The number of likely N-dealkylation sites (N-methyl/N-ethyl adjacent to an activating group) is 1. The number of rotatable bonds is 4. The number of amides is 1. The monoisotopic (exact) mass is 210 g/mol. The molecule has 0 aromatic carbocycles. The molecule has 1 rings (SSSR count). The Morgan fingerprint density at radius 3 is 3.00 bits per heavy atom. The number of hydrogen-bond acceptors (Lipinski definition) is 5. The molecule has 0 bridgehead atoms. The SMILES string of the molecule is CNC(=O)CNc1cc([N+](=O)[O-])ccn1. The molecule has 0 saturated carbocycles. The summed E-state index contributed by atoms with van der Waals surface area (Å²) >= 11 is 0. The molecule has 1 heterocycles. The van der Waals surface area contributed by atoms with Gasteiger partial charge in [-0.3, -0.25) is 14.9 Å². The molecule has 0 spiro atoms. The van der Waals surface area contributed by atoms with Gasteiger partial charge in [0.1, 0.15) is 5.82 Å². The maximum atomic E-state index is 10.9. The second-order valence-electron chi connectivity index (χ2n) is 2.68. The van der Waals surface area contributed by atoms with Crippen molar-refractivity contribution in [3.8, 4) is 0 Å². The van der Waals surface area contributed by atoms with Gasteiger partial charge in [0.25, 0.3) is 5.69 Å². The Kier molecular flexibility index (Phi) is 3.55. The van der Waals surface area contributed by atoms with E-state index in [0.29, 0.717) is 5.82 Å². The molecular formula is C8H10N4O3. The first-order valence-electron chi connectivity index (χ1n) is 4.18. The van der Waals surface area contributed by atoms with E-state index in [2.05, 4.69) is 15.6 Å². The van der Waals surface area contributed by atoms with Crippen molar-refractivity contribution in [3.63, 3.8) is 0 Å². The van der Waals surface area contributed by atoms with Crippen LogP contribution in [0, 0.1) is 10.1 Å². The first-order valence-corrected chi connectivity index (χ1v) is 4.18. The summed E-state index contributed by atoms with van der Waals surface area (Å²) in [5.41, 5.74) is -0.0654. The highest BCUT2D eigenvalue weighted by molar-refractivity contribution is 5.80. The van der Waals surface area contributed by atoms with E-state index < -0.39 is 4.92 Å². The topological polar surface area (TPSA) is 97.2 Å². The summed E-state index contributed by atoms with van der Waals surface area (Å²) in [6.45, 7) is 0.0324. The molecule has 0 saturated heterocycles. The molecule has 0 fully saturated rings. The molecule has 1 aromatic rings. The fourth-order valence-corrected chi connectivity index (χ4v) is 0.889. The van der Waals surface area contributed by atoms with Crippen LogP contribution in [0.1, 0.15) is 0 Å². The van der Waals surface area contributed by atoms with Gasteiger partial charge in [-0.2, -0.15) is 0 Å². The number of pyridine rings is 1. The highest BCUT2D eigenvalue weighted by Gasteiger charge is 2.06. The third kappa shape index (κ3) is 3.22. The number of nitrogens with one attached hydrogen (secondary N) is 2. The standard InChI is InChI=1S/C8H10N4O3/c1-9-8(13)5-11-7-4-6(12(14)15)2-3-10-7/h2-4H,5H2,1H3,(H,9,13)(H,10,11). The minimum absolute atomic E-state index is 0.0324. The van der Waals surface area contributed by atoms with Crippen molar-refractivity contribution < 1.29 is 9.72 Å². The number of nitrogens with zero attached hydrogens (tertiary/aromatic N) is 2. The molecule has 2 N–H and O–H groups in total. The Hall–Kier alpha value is -2.18. The van der Waals surface area contributed by atoms with Crippen LogP contribution in [0.3, 0.4) is 0 Å². The van der Waals surface area contributed by atoms with Gasteiger partial charge in [-0.05, 0) is 0 Å². The van der Waals surface area contributed by atoms with E-state index in [0.717, 1.165) is 0 Å². The predicted octanol–water partition coefficient (Wildman–Crippen LogP) is 0.148. The Labute approximate surface area is 85.7 Å². The van der Waals surface area contributed by atoms with Crippen molar-refractivity contribution in [1.82, 2.24) is 10.3 Å². The smallest absolute Gasteiger partial charge is 0.274 e. The summed E-state index contributed by atoms with van der Waals surface area (Å²) < 4.78 is 0. The Bertz CT molecular complexity index is 380. The average Bonchev–Trinajstić information content (AvgIpc) is 2.26. The van der Waals surface area contributed by atoms with Crippen molar-refractivity contribution >= 4 is 17.4 Å². The van der Waals surface area contributed by atoms with Gasteiger partial charge in [-0.1, -0.05) is 0 Å². The van der Waals surface area contributed by atoms with Crippen LogP contribution in [0.25, 0.3) is 0 Å². The minimum Gasteiger partial charge on any atom is -0.361 e. The predicted molar refractivity (Wildman–Crippen MR) is 53.4 cm³/mol. The van der Waals surface area contributed by atoms with Crippen LogP contribution in [-0.2, 0) is 4.79 Å². The van der Waals surface area contributed by atoms with Gasteiger partial charge < -0.3 is 10.6 Å². The zero-order valence-electron chi connectivity index (χ0n) is 8.06. The molecule has 0 aliphatic rings. The number of nitro groups is 1. The molecule has 7 nitrogen and oxygen atoms in total. The van der Waals surface area contributed by atoms with Gasteiger partial charge in [-0.25, -0.2) is 4.98 Å². The summed E-state index contributed by atoms with van der Waals surface area (Å²) in [5, 5.41) is 15.5. The molecule has 0 atom stereocenters. The van der Waals surface area contributed by atoms with Crippen molar-refractivity contribution in [2.75, 3.05) is 18.9 Å². The van der Waals surface area contributed by atoms with E-state index in [9.17, 15) is 14.9 Å². The largest absolute Gasteiger partial charge is 0.361 e.